The normalized spacial score (nSPS) is 15.6. The lowest BCUT2D eigenvalue weighted by atomic mass is 10.1. The smallest absolute Gasteiger partial charge is 0.316 e. The summed E-state index contributed by atoms with van der Waals surface area (Å²) >= 11 is 2.20. The molecule has 1 fully saturated rings. The molecule has 1 aromatic heterocycles. The van der Waals surface area contributed by atoms with E-state index in [1.165, 1.54) is 0 Å². The van der Waals surface area contributed by atoms with Gasteiger partial charge in [-0.1, -0.05) is 12.1 Å². The molecule has 1 aliphatic rings. The number of piperidine rings is 1. The number of hydrogen-bond donors (Lipinski definition) is 0. The Kier molecular flexibility index (Phi) is 4.87. The Balaban J connectivity index is 1.58. The van der Waals surface area contributed by atoms with Gasteiger partial charge in [0.25, 0.3) is 5.91 Å². The van der Waals surface area contributed by atoms with Crippen molar-refractivity contribution in [3.63, 3.8) is 0 Å². The summed E-state index contributed by atoms with van der Waals surface area (Å²) in [4.78, 5) is 22.6. The first-order valence-corrected chi connectivity index (χ1v) is 8.29. The summed E-state index contributed by atoms with van der Waals surface area (Å²) in [6.07, 6.45) is 5.00. The Hall–Kier alpha value is -1.70. The highest BCUT2D eigenvalue weighted by Gasteiger charge is 2.25. The summed E-state index contributed by atoms with van der Waals surface area (Å²) in [5.74, 6) is 0.0967. The van der Waals surface area contributed by atoms with Gasteiger partial charge in [0.15, 0.2) is 0 Å². The molecule has 2 heterocycles. The second-order valence-electron chi connectivity index (χ2n) is 5.12. The van der Waals surface area contributed by atoms with Crippen LogP contribution in [0.3, 0.4) is 0 Å². The maximum Gasteiger partial charge on any atom is 0.316 e. The fourth-order valence-electron chi connectivity index (χ4n) is 2.48. The number of halogens is 1. The van der Waals surface area contributed by atoms with E-state index in [4.69, 9.17) is 4.74 Å². The first-order chi connectivity index (χ1) is 10.7. The molecule has 114 valence electrons. The highest BCUT2D eigenvalue weighted by atomic mass is 127. The summed E-state index contributed by atoms with van der Waals surface area (Å²) < 4.78 is 6.74. The Morgan fingerprint density at radius 2 is 1.82 bits per heavy atom. The van der Waals surface area contributed by atoms with E-state index in [0.717, 1.165) is 22.0 Å². The van der Waals surface area contributed by atoms with Crippen LogP contribution in [0.1, 0.15) is 23.2 Å². The summed E-state index contributed by atoms with van der Waals surface area (Å²) in [6.45, 7) is 1.39. The molecule has 0 spiro atoms. The number of hydrogen-bond acceptors (Lipinski definition) is 4. The van der Waals surface area contributed by atoms with Crippen LogP contribution in [-0.2, 0) is 0 Å². The molecule has 0 bridgehead atoms. The third kappa shape index (κ3) is 3.55. The van der Waals surface area contributed by atoms with E-state index in [-0.39, 0.29) is 12.0 Å². The Morgan fingerprint density at radius 1 is 1.14 bits per heavy atom. The highest BCUT2D eigenvalue weighted by molar-refractivity contribution is 14.1. The number of carbonyl (C=O) groups is 1. The van der Waals surface area contributed by atoms with Gasteiger partial charge in [0.1, 0.15) is 6.10 Å². The van der Waals surface area contributed by atoms with Gasteiger partial charge in [-0.15, -0.1) is 0 Å². The maximum absolute atomic E-state index is 12.5. The lowest BCUT2D eigenvalue weighted by Gasteiger charge is -2.31. The van der Waals surface area contributed by atoms with Crippen molar-refractivity contribution >= 4 is 28.5 Å². The minimum Gasteiger partial charge on any atom is -0.460 e. The molecule has 1 amide bonds. The molecule has 1 aliphatic heterocycles. The van der Waals surface area contributed by atoms with Crippen molar-refractivity contribution in [2.24, 2.45) is 0 Å². The molecule has 0 N–H and O–H groups in total. The predicted molar refractivity (Wildman–Crippen MR) is 90.7 cm³/mol. The fraction of sp³-hybridized carbons (Fsp3) is 0.312. The summed E-state index contributed by atoms with van der Waals surface area (Å²) in [6, 6.07) is 9.84. The topological polar surface area (TPSA) is 55.3 Å². The molecule has 5 nitrogen and oxygen atoms in total. The first-order valence-electron chi connectivity index (χ1n) is 7.21. The number of likely N-dealkylation sites (tertiary alicyclic amines) is 1. The largest absolute Gasteiger partial charge is 0.460 e. The number of benzene rings is 1. The number of aromatic nitrogens is 2. The highest BCUT2D eigenvalue weighted by Crippen LogP contribution is 2.19. The van der Waals surface area contributed by atoms with E-state index in [0.29, 0.717) is 19.1 Å². The molecule has 0 aliphatic carbocycles. The Labute approximate surface area is 142 Å². The summed E-state index contributed by atoms with van der Waals surface area (Å²) in [5, 5.41) is 0. The van der Waals surface area contributed by atoms with Gasteiger partial charge in [-0.2, -0.15) is 0 Å². The van der Waals surface area contributed by atoms with E-state index >= 15 is 0 Å². The lowest BCUT2D eigenvalue weighted by Crippen LogP contribution is -2.42. The number of amides is 1. The maximum atomic E-state index is 12.5. The minimum atomic E-state index is 0.0706. The van der Waals surface area contributed by atoms with E-state index in [9.17, 15) is 4.79 Å². The van der Waals surface area contributed by atoms with Crippen LogP contribution >= 0.6 is 22.6 Å². The molecule has 0 unspecified atom stereocenters. The zero-order valence-corrected chi connectivity index (χ0v) is 14.1. The average molecular weight is 409 g/mol. The van der Waals surface area contributed by atoms with Gasteiger partial charge in [-0.25, -0.2) is 9.97 Å². The quantitative estimate of drug-likeness (QED) is 0.732. The predicted octanol–water partition coefficient (Wildman–Crippen LogP) is 2.76. The SMILES string of the molecule is O=C(c1ccccc1I)N1CCC(Oc2ncccn2)CC1. The van der Waals surface area contributed by atoms with Crippen molar-refractivity contribution in [2.75, 3.05) is 13.1 Å². The number of rotatable bonds is 3. The van der Waals surface area contributed by atoms with Crippen LogP contribution in [0, 0.1) is 3.57 Å². The van der Waals surface area contributed by atoms with E-state index in [1.807, 2.05) is 29.2 Å². The number of ether oxygens (including phenoxy) is 1. The Morgan fingerprint density at radius 3 is 2.50 bits per heavy atom. The van der Waals surface area contributed by atoms with Gasteiger partial charge in [0.05, 0.1) is 5.56 Å². The van der Waals surface area contributed by atoms with E-state index in [1.54, 1.807) is 18.5 Å². The molecular formula is C16H16IN3O2. The molecule has 3 rings (SSSR count). The molecule has 0 radical (unpaired) electrons. The fourth-order valence-corrected chi connectivity index (χ4v) is 3.10. The lowest BCUT2D eigenvalue weighted by molar-refractivity contribution is 0.0578. The van der Waals surface area contributed by atoms with Gasteiger partial charge in [-0.05, 0) is 40.8 Å². The van der Waals surface area contributed by atoms with Gasteiger partial charge >= 0.3 is 6.01 Å². The Bertz CT molecular complexity index is 643. The molecule has 0 saturated carbocycles. The van der Waals surface area contributed by atoms with Crippen molar-refractivity contribution in [1.82, 2.24) is 14.9 Å². The average Bonchev–Trinajstić information content (AvgIpc) is 2.56. The molecule has 1 aromatic carbocycles. The molecule has 2 aromatic rings. The minimum absolute atomic E-state index is 0.0706. The van der Waals surface area contributed by atoms with Crippen molar-refractivity contribution in [3.8, 4) is 6.01 Å². The molecule has 22 heavy (non-hydrogen) atoms. The van der Waals surface area contributed by atoms with Gasteiger partial charge in [-0.3, -0.25) is 4.79 Å². The third-order valence-corrected chi connectivity index (χ3v) is 4.59. The zero-order chi connectivity index (χ0) is 15.4. The standard InChI is InChI=1S/C16H16IN3O2/c17-14-5-2-1-4-13(14)15(21)20-10-6-12(7-11-20)22-16-18-8-3-9-19-16/h1-5,8-9,12H,6-7,10-11H2. The summed E-state index contributed by atoms with van der Waals surface area (Å²) in [5.41, 5.74) is 0.772. The first kappa shape index (κ1) is 15.2. The van der Waals surface area contributed by atoms with Gasteiger partial charge < -0.3 is 9.64 Å². The number of carbonyl (C=O) groups excluding carboxylic acids is 1. The zero-order valence-electron chi connectivity index (χ0n) is 12.0. The third-order valence-electron chi connectivity index (χ3n) is 3.65. The van der Waals surface area contributed by atoms with E-state index in [2.05, 4.69) is 32.6 Å². The van der Waals surface area contributed by atoms with Crippen molar-refractivity contribution in [1.29, 1.82) is 0 Å². The van der Waals surface area contributed by atoms with Crippen molar-refractivity contribution in [3.05, 3.63) is 51.9 Å². The van der Waals surface area contributed by atoms with Crippen molar-refractivity contribution < 1.29 is 9.53 Å². The van der Waals surface area contributed by atoms with Crippen LogP contribution in [0.4, 0.5) is 0 Å². The van der Waals surface area contributed by atoms with Crippen LogP contribution in [0.25, 0.3) is 0 Å². The molecular weight excluding hydrogens is 393 g/mol. The van der Waals surface area contributed by atoms with E-state index < -0.39 is 0 Å². The van der Waals surface area contributed by atoms with Crippen LogP contribution in [0.15, 0.2) is 42.7 Å². The second-order valence-corrected chi connectivity index (χ2v) is 6.28. The van der Waals surface area contributed by atoms with Crippen LogP contribution in [-0.4, -0.2) is 40.0 Å². The van der Waals surface area contributed by atoms with Gasteiger partial charge in [0.2, 0.25) is 0 Å². The number of nitrogens with zero attached hydrogens (tertiary/aromatic N) is 3. The molecule has 0 atom stereocenters. The molecule has 6 heteroatoms. The second kappa shape index (κ2) is 7.04. The molecule has 1 saturated heterocycles. The van der Waals surface area contributed by atoms with Crippen LogP contribution < -0.4 is 4.74 Å². The van der Waals surface area contributed by atoms with Crippen LogP contribution in [0.2, 0.25) is 0 Å². The van der Waals surface area contributed by atoms with Gasteiger partial charge in [0, 0.05) is 41.9 Å². The van der Waals surface area contributed by atoms with Crippen molar-refractivity contribution in [2.45, 2.75) is 18.9 Å². The summed E-state index contributed by atoms with van der Waals surface area (Å²) in [7, 11) is 0. The monoisotopic (exact) mass is 409 g/mol. The van der Waals surface area contributed by atoms with Crippen LogP contribution in [0.5, 0.6) is 6.01 Å².